The van der Waals surface area contributed by atoms with Crippen LogP contribution in [0.25, 0.3) is 0 Å². The van der Waals surface area contributed by atoms with Crippen LogP contribution in [0.2, 0.25) is 0 Å². The monoisotopic (exact) mass is 400 g/mol. The predicted molar refractivity (Wildman–Crippen MR) is 97.1 cm³/mol. The predicted octanol–water partition coefficient (Wildman–Crippen LogP) is 3.31. The zero-order valence-electron chi connectivity index (χ0n) is 13.7. The average Bonchev–Trinajstić information content (AvgIpc) is 2.86. The van der Waals surface area contributed by atoms with Crippen LogP contribution in [0.1, 0.15) is 45.7 Å². The molecule has 2 aromatic rings. The third-order valence-electron chi connectivity index (χ3n) is 4.20. The summed E-state index contributed by atoms with van der Waals surface area (Å²) in [5.41, 5.74) is 1.67. The highest BCUT2D eigenvalue weighted by molar-refractivity contribution is 9.10. The van der Waals surface area contributed by atoms with Gasteiger partial charge in [0.15, 0.2) is 0 Å². The molecule has 1 heterocycles. The fourth-order valence-corrected chi connectivity index (χ4v) is 3.15. The van der Waals surface area contributed by atoms with E-state index in [9.17, 15) is 14.4 Å². The van der Waals surface area contributed by atoms with Crippen LogP contribution < -0.4 is 5.32 Å². The maximum Gasteiger partial charge on any atom is 0.262 e. The second-order valence-corrected chi connectivity index (χ2v) is 6.74. The quantitative estimate of drug-likeness (QED) is 0.782. The van der Waals surface area contributed by atoms with Gasteiger partial charge in [-0.15, -0.1) is 0 Å². The molecular weight excluding hydrogens is 384 g/mol. The second kappa shape index (κ2) is 7.19. The molecule has 1 unspecified atom stereocenters. The highest BCUT2D eigenvalue weighted by Crippen LogP contribution is 2.23. The van der Waals surface area contributed by atoms with Gasteiger partial charge in [-0.1, -0.05) is 47.1 Å². The molecular formula is C19H17BrN2O3. The Hall–Kier alpha value is -2.47. The highest BCUT2D eigenvalue weighted by Gasteiger charge is 2.36. The molecule has 5 nitrogen and oxygen atoms in total. The van der Waals surface area contributed by atoms with Crippen LogP contribution in [-0.2, 0) is 4.79 Å². The second-order valence-electron chi connectivity index (χ2n) is 5.82. The molecule has 25 heavy (non-hydrogen) atoms. The van der Waals surface area contributed by atoms with Crippen LogP contribution in [0.4, 0.5) is 0 Å². The van der Waals surface area contributed by atoms with Crippen LogP contribution >= 0.6 is 15.9 Å². The Morgan fingerprint density at radius 1 is 1.04 bits per heavy atom. The Kier molecular flexibility index (Phi) is 4.99. The summed E-state index contributed by atoms with van der Waals surface area (Å²) in [5, 5.41) is 2.90. The molecule has 1 aliphatic heterocycles. The van der Waals surface area contributed by atoms with Crippen molar-refractivity contribution in [2.75, 3.05) is 6.54 Å². The first-order chi connectivity index (χ1) is 12.0. The van der Waals surface area contributed by atoms with E-state index < -0.39 is 11.8 Å². The molecule has 128 valence electrons. The number of carbonyl (C=O) groups excluding carboxylic acids is 3. The average molecular weight is 401 g/mol. The van der Waals surface area contributed by atoms with Crippen LogP contribution in [0, 0.1) is 0 Å². The van der Waals surface area contributed by atoms with Crippen LogP contribution in [-0.4, -0.2) is 29.2 Å². The summed E-state index contributed by atoms with van der Waals surface area (Å²) in [6.07, 6.45) is 0.704. The molecule has 3 rings (SSSR count). The number of imide groups is 1. The smallest absolute Gasteiger partial charge is 0.262 e. The summed E-state index contributed by atoms with van der Waals surface area (Å²) >= 11 is 3.38. The Morgan fingerprint density at radius 2 is 1.60 bits per heavy atom. The molecule has 1 atom stereocenters. The van der Waals surface area contributed by atoms with E-state index in [1.807, 2.05) is 31.2 Å². The van der Waals surface area contributed by atoms with Gasteiger partial charge in [-0.05, 0) is 36.2 Å². The van der Waals surface area contributed by atoms with Crippen LogP contribution in [0.15, 0.2) is 53.0 Å². The molecule has 0 radical (unpaired) electrons. The van der Waals surface area contributed by atoms with E-state index in [1.165, 1.54) is 0 Å². The fourth-order valence-electron chi connectivity index (χ4n) is 2.88. The normalized spacial score (nSPS) is 14.4. The van der Waals surface area contributed by atoms with E-state index in [0.717, 1.165) is 14.9 Å². The number of hydrogen-bond donors (Lipinski definition) is 1. The Labute approximate surface area is 154 Å². The van der Waals surface area contributed by atoms with Gasteiger partial charge in [0.1, 0.15) is 6.54 Å². The van der Waals surface area contributed by atoms with Gasteiger partial charge in [0.25, 0.3) is 11.8 Å². The van der Waals surface area contributed by atoms with E-state index in [-0.39, 0.29) is 18.5 Å². The van der Waals surface area contributed by atoms with Crippen molar-refractivity contribution >= 4 is 33.7 Å². The topological polar surface area (TPSA) is 66.5 Å². The van der Waals surface area contributed by atoms with Crippen LogP contribution in [0.3, 0.4) is 0 Å². The molecule has 2 aromatic carbocycles. The van der Waals surface area contributed by atoms with Crippen molar-refractivity contribution in [1.29, 1.82) is 0 Å². The molecule has 6 heteroatoms. The fraction of sp³-hybridized carbons (Fsp3) is 0.211. The minimum Gasteiger partial charge on any atom is -0.348 e. The largest absolute Gasteiger partial charge is 0.348 e. The number of nitrogens with one attached hydrogen (secondary N) is 1. The lowest BCUT2D eigenvalue weighted by Gasteiger charge is -2.20. The summed E-state index contributed by atoms with van der Waals surface area (Å²) in [6, 6.07) is 14.1. The van der Waals surface area contributed by atoms with Gasteiger partial charge >= 0.3 is 0 Å². The van der Waals surface area contributed by atoms with Crippen molar-refractivity contribution < 1.29 is 14.4 Å². The summed E-state index contributed by atoms with van der Waals surface area (Å²) in [4.78, 5) is 38.0. The molecule has 0 saturated heterocycles. The minimum atomic E-state index is -0.424. The van der Waals surface area contributed by atoms with Crippen molar-refractivity contribution in [3.8, 4) is 0 Å². The number of hydrogen-bond acceptors (Lipinski definition) is 3. The summed E-state index contributed by atoms with van der Waals surface area (Å²) in [5.74, 6) is -1.20. The Morgan fingerprint density at radius 3 is 2.12 bits per heavy atom. The maximum atomic E-state index is 12.4. The summed E-state index contributed by atoms with van der Waals surface area (Å²) in [6.45, 7) is 1.69. The molecule has 0 aliphatic carbocycles. The lowest BCUT2D eigenvalue weighted by molar-refractivity contribution is -0.122. The molecule has 3 amide bonds. The third-order valence-corrected chi connectivity index (χ3v) is 4.72. The van der Waals surface area contributed by atoms with Gasteiger partial charge in [0.05, 0.1) is 17.2 Å². The molecule has 0 aromatic heterocycles. The van der Waals surface area contributed by atoms with E-state index in [1.54, 1.807) is 24.3 Å². The number of nitrogens with zero attached hydrogens (tertiary/aromatic N) is 1. The number of carbonyl (C=O) groups is 3. The lowest BCUT2D eigenvalue weighted by Crippen LogP contribution is -2.41. The standard InChI is InChI=1S/C19H17BrN2O3/c1-2-16(12-7-9-13(20)10-8-12)21-17(23)11-22-18(24)14-5-3-4-6-15(14)19(22)25/h3-10,16H,2,11H2,1H3,(H,21,23). The lowest BCUT2D eigenvalue weighted by atomic mass is 10.0. The van der Waals surface area contributed by atoms with Gasteiger partial charge in [-0.25, -0.2) is 0 Å². The van der Waals surface area contributed by atoms with Crippen molar-refractivity contribution in [2.24, 2.45) is 0 Å². The van der Waals surface area contributed by atoms with Crippen molar-refractivity contribution in [3.05, 3.63) is 69.7 Å². The zero-order valence-corrected chi connectivity index (χ0v) is 15.2. The first-order valence-electron chi connectivity index (χ1n) is 8.01. The van der Waals surface area contributed by atoms with Gasteiger partial charge in [-0.2, -0.15) is 0 Å². The molecule has 0 saturated carbocycles. The summed E-state index contributed by atoms with van der Waals surface area (Å²) < 4.78 is 0.962. The van der Waals surface area contributed by atoms with E-state index in [4.69, 9.17) is 0 Å². The molecule has 1 N–H and O–H groups in total. The SMILES string of the molecule is CCC(NC(=O)CN1C(=O)c2ccccc2C1=O)c1ccc(Br)cc1. The molecule has 0 fully saturated rings. The molecule has 0 bridgehead atoms. The Bertz CT molecular complexity index is 798. The first-order valence-corrected chi connectivity index (χ1v) is 8.80. The van der Waals surface area contributed by atoms with E-state index in [2.05, 4.69) is 21.2 Å². The first kappa shape index (κ1) is 17.4. The number of halogens is 1. The number of amides is 3. The van der Waals surface area contributed by atoms with Gasteiger partial charge < -0.3 is 5.32 Å². The molecule has 1 aliphatic rings. The van der Waals surface area contributed by atoms with Gasteiger partial charge in [0, 0.05) is 4.47 Å². The van der Waals surface area contributed by atoms with Crippen molar-refractivity contribution in [1.82, 2.24) is 10.2 Å². The van der Waals surface area contributed by atoms with Gasteiger partial charge in [-0.3, -0.25) is 19.3 Å². The highest BCUT2D eigenvalue weighted by atomic mass is 79.9. The third kappa shape index (κ3) is 3.49. The van der Waals surface area contributed by atoms with Crippen molar-refractivity contribution in [2.45, 2.75) is 19.4 Å². The number of rotatable bonds is 5. The Balaban J connectivity index is 1.69. The zero-order chi connectivity index (χ0) is 18.0. The van der Waals surface area contributed by atoms with E-state index >= 15 is 0 Å². The van der Waals surface area contributed by atoms with Crippen LogP contribution in [0.5, 0.6) is 0 Å². The van der Waals surface area contributed by atoms with Gasteiger partial charge in [0.2, 0.25) is 5.91 Å². The number of fused-ring (bicyclic) bond motifs is 1. The summed E-state index contributed by atoms with van der Waals surface area (Å²) in [7, 11) is 0. The maximum absolute atomic E-state index is 12.4. The molecule has 0 spiro atoms. The van der Waals surface area contributed by atoms with E-state index in [0.29, 0.717) is 17.5 Å². The van der Waals surface area contributed by atoms with Crippen molar-refractivity contribution in [3.63, 3.8) is 0 Å². The number of benzene rings is 2. The minimum absolute atomic E-state index is 0.171.